The second-order valence-electron chi connectivity index (χ2n) is 0.676. The average molecular weight is 66.9 g/mol. The maximum absolute atomic E-state index is 4.47. The fourth-order valence-electron chi connectivity index (χ4n) is 0.176. The third kappa shape index (κ3) is 0.346. The van der Waals surface area contributed by atoms with Crippen molar-refractivity contribution in [3.8, 4) is 0 Å². The zero-order valence-electron chi connectivity index (χ0n) is 2.59. The summed E-state index contributed by atoms with van der Waals surface area (Å²) in [4.78, 5) is 3.56. The molecule has 0 atom stereocenters. The van der Waals surface area contributed by atoms with Crippen LogP contribution in [-0.4, -0.2) is 12.2 Å². The summed E-state index contributed by atoms with van der Waals surface area (Å²) in [6, 6.07) is 0. The van der Waals surface area contributed by atoms with Gasteiger partial charge in [0.15, 0.2) is 0 Å². The van der Waals surface area contributed by atoms with Gasteiger partial charge in [0.1, 0.15) is 0 Å². The Kier molecular flexibility index (Phi) is 0.534. The molecule has 0 saturated carbocycles. The Morgan fingerprint density at radius 1 is 1.80 bits per heavy atom. The van der Waals surface area contributed by atoms with Crippen LogP contribution in [0, 0.1) is 0 Å². The van der Waals surface area contributed by atoms with Gasteiger partial charge in [-0.3, -0.25) is 0 Å². The predicted octanol–water partition coefficient (Wildman–Crippen LogP) is 0.0127. The molecule has 3 heteroatoms. The Balaban J connectivity index is 3.13. The van der Waals surface area contributed by atoms with Gasteiger partial charge in [-0.2, -0.15) is 0 Å². The molecule has 2 nitrogen and oxygen atoms in total. The van der Waals surface area contributed by atoms with Crippen molar-refractivity contribution in [2.75, 3.05) is 0 Å². The van der Waals surface area contributed by atoms with E-state index < -0.39 is 0 Å². The van der Waals surface area contributed by atoms with E-state index in [0.717, 1.165) is 0 Å². The van der Waals surface area contributed by atoms with E-state index in [-0.39, 0.29) is 0 Å². The fourth-order valence-corrected chi connectivity index (χ4v) is 0.176. The van der Waals surface area contributed by atoms with Crippen LogP contribution in [0.15, 0.2) is 16.8 Å². The van der Waals surface area contributed by atoms with Crippen LogP contribution in [0.3, 0.4) is 0 Å². The van der Waals surface area contributed by atoms with E-state index in [1.807, 2.05) is 0 Å². The van der Waals surface area contributed by atoms with Crippen LogP contribution in [0.4, 0.5) is 0 Å². The molecular weight excluding hydrogens is 64.8 g/mol. The van der Waals surface area contributed by atoms with Gasteiger partial charge in [0.25, 0.3) is 0 Å². The summed E-state index contributed by atoms with van der Waals surface area (Å²) in [7, 11) is 1.38. The molecule has 0 amide bonds. The van der Waals surface area contributed by atoms with Crippen molar-refractivity contribution in [3.05, 3.63) is 12.5 Å². The van der Waals surface area contributed by atoms with Gasteiger partial charge in [-0.05, 0) is 0 Å². The second-order valence-corrected chi connectivity index (χ2v) is 0.676. The van der Waals surface area contributed by atoms with Gasteiger partial charge in [0.2, 0.25) is 0 Å². The quantitative estimate of drug-likeness (QED) is 0.427. The Labute approximate surface area is 30.1 Å². The SMILES string of the molecule is b1ncco1. The fraction of sp³-hybridized carbons (Fsp3) is 0. The number of rotatable bonds is 0. The molecule has 0 aromatic carbocycles. The molecule has 0 radical (unpaired) electrons. The van der Waals surface area contributed by atoms with Gasteiger partial charge in [-0.25, -0.2) is 0 Å². The Bertz CT molecular complexity index is 66.1. The molecule has 0 aliphatic rings. The van der Waals surface area contributed by atoms with Crippen molar-refractivity contribution in [2.45, 2.75) is 0 Å². The van der Waals surface area contributed by atoms with Crippen LogP contribution in [0.1, 0.15) is 0 Å². The molecule has 1 heterocycles. The van der Waals surface area contributed by atoms with Gasteiger partial charge in [0, 0.05) is 0 Å². The average Bonchev–Trinajstić information content (AvgIpc) is 1.76. The van der Waals surface area contributed by atoms with Crippen LogP contribution < -0.4 is 0 Å². The summed E-state index contributed by atoms with van der Waals surface area (Å²) in [6.07, 6.45) is 3.10. The monoisotopic (exact) mass is 67.0 g/mol. The summed E-state index contributed by atoms with van der Waals surface area (Å²) >= 11 is 0. The molecule has 0 saturated heterocycles. The van der Waals surface area contributed by atoms with Crippen LogP contribution >= 0.6 is 0 Å². The van der Waals surface area contributed by atoms with Crippen LogP contribution in [-0.2, 0) is 0 Å². The van der Waals surface area contributed by atoms with Crippen molar-refractivity contribution < 1.29 is 4.33 Å². The first kappa shape index (κ1) is 2.63. The van der Waals surface area contributed by atoms with E-state index in [9.17, 15) is 0 Å². The van der Waals surface area contributed by atoms with Crippen LogP contribution in [0.2, 0.25) is 0 Å². The molecule has 1 aromatic heterocycles. The standard InChI is InChI=1S/C2H2BNO/c1-2-5-3-4-1/h1-2H. The molecule has 1 aromatic rings. The van der Waals surface area contributed by atoms with Crippen molar-refractivity contribution in [1.82, 2.24) is 4.89 Å². The molecule has 0 fully saturated rings. The van der Waals surface area contributed by atoms with Crippen molar-refractivity contribution in [2.24, 2.45) is 0 Å². The maximum atomic E-state index is 4.47. The van der Waals surface area contributed by atoms with Gasteiger partial charge >= 0.3 is 28.9 Å². The minimum atomic E-state index is 1.38. The summed E-state index contributed by atoms with van der Waals surface area (Å²) in [6.45, 7) is 0. The first-order valence-corrected chi connectivity index (χ1v) is 1.32. The molecule has 5 heavy (non-hydrogen) atoms. The zero-order valence-corrected chi connectivity index (χ0v) is 2.59. The summed E-state index contributed by atoms with van der Waals surface area (Å²) in [5, 5.41) is 0. The van der Waals surface area contributed by atoms with Crippen molar-refractivity contribution >= 4 is 7.27 Å². The van der Waals surface area contributed by atoms with Crippen molar-refractivity contribution in [1.29, 1.82) is 0 Å². The molecule has 0 aliphatic heterocycles. The molecular formula is C2H2BNO. The minimum absolute atomic E-state index is 1.38. The molecule has 1 rings (SSSR count). The Morgan fingerprint density at radius 2 is 2.80 bits per heavy atom. The Morgan fingerprint density at radius 3 is 3.00 bits per heavy atom. The first-order chi connectivity index (χ1) is 2.50. The third-order valence-electron chi connectivity index (χ3n) is 0.347. The van der Waals surface area contributed by atoms with Crippen molar-refractivity contribution in [3.63, 3.8) is 0 Å². The molecule has 24 valence electrons. The van der Waals surface area contributed by atoms with E-state index in [0.29, 0.717) is 0 Å². The number of aromatic nitrogens is 1. The van der Waals surface area contributed by atoms with E-state index in [2.05, 4.69) is 9.22 Å². The van der Waals surface area contributed by atoms with E-state index >= 15 is 0 Å². The Hall–Kier alpha value is -0.595. The summed E-state index contributed by atoms with van der Waals surface area (Å²) in [5.41, 5.74) is 0. The molecule has 0 unspecified atom stereocenters. The predicted molar refractivity (Wildman–Crippen MR) is 17.8 cm³/mol. The molecule has 0 aliphatic carbocycles. The van der Waals surface area contributed by atoms with Gasteiger partial charge in [-0.15, -0.1) is 0 Å². The number of hydrogen-bond acceptors (Lipinski definition) is 2. The summed E-state index contributed by atoms with van der Waals surface area (Å²) in [5.74, 6) is 0. The topological polar surface area (TPSA) is 26.0 Å². The molecule has 0 N–H and O–H groups in total. The van der Waals surface area contributed by atoms with Gasteiger partial charge in [0.05, 0.1) is 0 Å². The van der Waals surface area contributed by atoms with Gasteiger partial charge < -0.3 is 0 Å². The van der Waals surface area contributed by atoms with Crippen LogP contribution in [0.25, 0.3) is 0 Å². The molecule has 0 spiro atoms. The zero-order chi connectivity index (χ0) is 3.54. The third-order valence-corrected chi connectivity index (χ3v) is 0.347. The number of nitrogens with zero attached hydrogens (tertiary/aromatic N) is 1. The van der Waals surface area contributed by atoms with Gasteiger partial charge in [-0.1, -0.05) is 0 Å². The van der Waals surface area contributed by atoms with E-state index in [1.54, 1.807) is 6.20 Å². The van der Waals surface area contributed by atoms with Crippen LogP contribution in [0.5, 0.6) is 0 Å². The number of hydrogen-bond donors (Lipinski definition) is 0. The first-order valence-electron chi connectivity index (χ1n) is 1.32. The molecule has 0 bridgehead atoms. The second kappa shape index (κ2) is 1.01. The van der Waals surface area contributed by atoms with E-state index in [4.69, 9.17) is 0 Å². The van der Waals surface area contributed by atoms with E-state index in [1.165, 1.54) is 13.5 Å². The normalized spacial score (nSPS) is 7.20. The summed E-state index contributed by atoms with van der Waals surface area (Å²) < 4.78 is 4.47.